The van der Waals surface area contributed by atoms with Crippen LogP contribution in [0.1, 0.15) is 54.2 Å². The Kier molecular flexibility index (Phi) is 5.74. The first-order valence-corrected chi connectivity index (χ1v) is 11.4. The van der Waals surface area contributed by atoms with Crippen LogP contribution in [0.25, 0.3) is 0 Å². The molecule has 3 N–H and O–H groups in total. The summed E-state index contributed by atoms with van der Waals surface area (Å²) >= 11 is 0. The number of rotatable bonds is 7. The van der Waals surface area contributed by atoms with Gasteiger partial charge >= 0.3 is 0 Å². The molecule has 0 radical (unpaired) electrons. The molecule has 2 aromatic heterocycles. The van der Waals surface area contributed by atoms with Crippen LogP contribution in [0.4, 0.5) is 5.82 Å². The van der Waals surface area contributed by atoms with Crippen molar-refractivity contribution in [2.24, 2.45) is 0 Å². The fraction of sp³-hybridized carbons (Fsp3) is 0.458. The monoisotopic (exact) mass is 418 g/mol. The molecule has 0 saturated carbocycles. The molecule has 1 aliphatic heterocycles. The first kappa shape index (κ1) is 19.8. The van der Waals surface area contributed by atoms with Crippen LogP contribution >= 0.6 is 0 Å². The smallest absolute Gasteiger partial charge is 0.222 e. The van der Waals surface area contributed by atoms with E-state index >= 15 is 0 Å². The van der Waals surface area contributed by atoms with Gasteiger partial charge in [0.05, 0.1) is 12.5 Å². The van der Waals surface area contributed by atoms with E-state index in [9.17, 15) is 4.79 Å². The molecular weight excluding hydrogens is 388 g/mol. The summed E-state index contributed by atoms with van der Waals surface area (Å²) in [5.41, 5.74) is 4.06. The van der Waals surface area contributed by atoms with Crippen LogP contribution in [0.5, 0.6) is 0 Å². The maximum atomic E-state index is 12.6. The first-order valence-electron chi connectivity index (χ1n) is 11.4. The predicted octanol–water partition coefficient (Wildman–Crippen LogP) is 3.44. The topological polar surface area (TPSA) is 89.7 Å². The highest BCUT2D eigenvalue weighted by Gasteiger charge is 2.24. The summed E-state index contributed by atoms with van der Waals surface area (Å²) in [6, 6.07) is 9.06. The Morgan fingerprint density at radius 2 is 1.90 bits per heavy atom. The van der Waals surface area contributed by atoms with Crippen molar-refractivity contribution in [3.8, 4) is 0 Å². The van der Waals surface area contributed by atoms with Crippen molar-refractivity contribution in [1.82, 2.24) is 24.8 Å². The number of carbonyl (C=O) groups excluding carboxylic acids is 1. The molecule has 1 amide bonds. The second-order valence-electron chi connectivity index (χ2n) is 8.78. The Bertz CT molecular complexity index is 978. The predicted molar refractivity (Wildman–Crippen MR) is 120 cm³/mol. The van der Waals surface area contributed by atoms with E-state index in [2.05, 4.69) is 49.5 Å². The number of aromatic nitrogens is 4. The van der Waals surface area contributed by atoms with Gasteiger partial charge < -0.3 is 20.2 Å². The molecule has 0 spiro atoms. The molecule has 3 aromatic rings. The standard InChI is InChI=1S/C24H30N6O/c31-24(30-10-8-17(9-11-30)21-14-25-16-27-21)7-3-6-22-26-15-23(29-22)28-20-12-18-4-1-2-5-19(18)13-20/h1-2,4-5,14-17,20,28H,3,6-13H2,(H,25,27)(H,26,29). The highest BCUT2D eigenvalue weighted by Crippen LogP contribution is 2.27. The van der Waals surface area contributed by atoms with Crippen molar-refractivity contribution in [3.05, 3.63) is 65.6 Å². The maximum Gasteiger partial charge on any atom is 0.222 e. The van der Waals surface area contributed by atoms with Crippen molar-refractivity contribution >= 4 is 11.7 Å². The van der Waals surface area contributed by atoms with Gasteiger partial charge in [-0.05, 0) is 43.2 Å². The number of nitrogens with one attached hydrogen (secondary N) is 3. The van der Waals surface area contributed by atoms with Gasteiger partial charge in [0.2, 0.25) is 5.91 Å². The van der Waals surface area contributed by atoms with Gasteiger partial charge in [-0.25, -0.2) is 9.97 Å². The van der Waals surface area contributed by atoms with Gasteiger partial charge in [0.15, 0.2) is 0 Å². The van der Waals surface area contributed by atoms with Crippen LogP contribution < -0.4 is 5.32 Å². The van der Waals surface area contributed by atoms with Crippen molar-refractivity contribution in [2.75, 3.05) is 18.4 Å². The molecule has 162 valence electrons. The third-order valence-electron chi connectivity index (χ3n) is 6.65. The summed E-state index contributed by atoms with van der Waals surface area (Å²) in [5.74, 6) is 2.67. The largest absolute Gasteiger partial charge is 0.367 e. The molecule has 31 heavy (non-hydrogen) atoms. The molecule has 1 fully saturated rings. The van der Waals surface area contributed by atoms with Crippen molar-refractivity contribution in [1.29, 1.82) is 0 Å². The first-order chi connectivity index (χ1) is 15.2. The van der Waals surface area contributed by atoms with Gasteiger partial charge in [0.1, 0.15) is 11.6 Å². The number of piperidine rings is 1. The summed E-state index contributed by atoms with van der Waals surface area (Å²) < 4.78 is 0. The number of fused-ring (bicyclic) bond motifs is 1. The third kappa shape index (κ3) is 4.65. The number of nitrogens with zero attached hydrogens (tertiary/aromatic N) is 3. The van der Waals surface area contributed by atoms with E-state index in [4.69, 9.17) is 0 Å². The number of imidazole rings is 2. The number of carbonyl (C=O) groups is 1. The van der Waals surface area contributed by atoms with E-state index in [-0.39, 0.29) is 5.91 Å². The molecule has 0 unspecified atom stereocenters. The average molecular weight is 419 g/mol. The Hall–Kier alpha value is -3.09. The number of aryl methyl sites for hydroxylation is 1. The molecule has 0 atom stereocenters. The number of aromatic amines is 2. The number of H-pyrrole nitrogens is 2. The number of hydrogen-bond donors (Lipinski definition) is 3. The molecule has 1 saturated heterocycles. The summed E-state index contributed by atoms with van der Waals surface area (Å²) in [4.78, 5) is 29.8. The lowest BCUT2D eigenvalue weighted by Gasteiger charge is -2.31. The van der Waals surface area contributed by atoms with Gasteiger partial charge in [0, 0.05) is 49.8 Å². The van der Waals surface area contributed by atoms with Gasteiger partial charge in [-0.15, -0.1) is 0 Å². The molecule has 2 aliphatic rings. The lowest BCUT2D eigenvalue weighted by molar-refractivity contribution is -0.132. The number of likely N-dealkylation sites (tertiary alicyclic amines) is 1. The fourth-order valence-corrected chi connectivity index (χ4v) is 4.94. The van der Waals surface area contributed by atoms with Gasteiger partial charge in [-0.3, -0.25) is 4.79 Å². The normalized spacial score (nSPS) is 17.1. The second kappa shape index (κ2) is 8.96. The van der Waals surface area contributed by atoms with E-state index in [1.54, 1.807) is 6.33 Å². The molecular formula is C24H30N6O. The van der Waals surface area contributed by atoms with Gasteiger partial charge in [-0.2, -0.15) is 0 Å². The lowest BCUT2D eigenvalue weighted by atomic mass is 9.94. The summed E-state index contributed by atoms with van der Waals surface area (Å²) in [5, 5.41) is 3.57. The number of hydrogen-bond acceptors (Lipinski definition) is 4. The van der Waals surface area contributed by atoms with Crippen LogP contribution in [-0.4, -0.2) is 49.9 Å². The molecule has 3 heterocycles. The van der Waals surface area contributed by atoms with E-state index in [0.717, 1.165) is 63.3 Å². The summed E-state index contributed by atoms with van der Waals surface area (Å²) in [7, 11) is 0. The van der Waals surface area contributed by atoms with Crippen LogP contribution in [0.3, 0.4) is 0 Å². The Balaban J connectivity index is 1.03. The average Bonchev–Trinajstić information content (AvgIpc) is 3.55. The quantitative estimate of drug-likeness (QED) is 0.548. The molecule has 1 aliphatic carbocycles. The number of anilines is 1. The maximum absolute atomic E-state index is 12.6. The van der Waals surface area contributed by atoms with Gasteiger partial charge in [-0.1, -0.05) is 24.3 Å². The van der Waals surface area contributed by atoms with E-state index < -0.39 is 0 Å². The zero-order valence-corrected chi connectivity index (χ0v) is 17.8. The highest BCUT2D eigenvalue weighted by molar-refractivity contribution is 5.76. The lowest BCUT2D eigenvalue weighted by Crippen LogP contribution is -2.37. The van der Waals surface area contributed by atoms with Crippen molar-refractivity contribution in [3.63, 3.8) is 0 Å². The highest BCUT2D eigenvalue weighted by atomic mass is 16.2. The number of amides is 1. The summed E-state index contributed by atoms with van der Waals surface area (Å²) in [6.45, 7) is 1.67. The van der Waals surface area contributed by atoms with Crippen LogP contribution in [-0.2, 0) is 24.1 Å². The molecule has 7 nitrogen and oxygen atoms in total. The van der Waals surface area contributed by atoms with Crippen molar-refractivity contribution < 1.29 is 4.79 Å². The minimum Gasteiger partial charge on any atom is -0.367 e. The fourth-order valence-electron chi connectivity index (χ4n) is 4.94. The minimum atomic E-state index is 0.261. The van der Waals surface area contributed by atoms with Crippen LogP contribution in [0.15, 0.2) is 43.0 Å². The molecule has 5 rings (SSSR count). The Morgan fingerprint density at radius 3 is 2.61 bits per heavy atom. The molecule has 0 bridgehead atoms. The third-order valence-corrected chi connectivity index (χ3v) is 6.65. The molecule has 1 aromatic carbocycles. The zero-order valence-electron chi connectivity index (χ0n) is 17.8. The molecule has 7 heteroatoms. The van der Waals surface area contributed by atoms with Gasteiger partial charge in [0.25, 0.3) is 0 Å². The zero-order chi connectivity index (χ0) is 21.0. The van der Waals surface area contributed by atoms with E-state index in [0.29, 0.717) is 18.4 Å². The van der Waals surface area contributed by atoms with Crippen molar-refractivity contribution in [2.45, 2.75) is 56.9 Å². The second-order valence-corrected chi connectivity index (χ2v) is 8.78. The van der Waals surface area contributed by atoms with E-state index in [1.807, 2.05) is 17.3 Å². The summed E-state index contributed by atoms with van der Waals surface area (Å²) in [6.07, 6.45) is 11.8. The Morgan fingerprint density at radius 1 is 1.13 bits per heavy atom. The number of benzene rings is 1. The minimum absolute atomic E-state index is 0.261. The van der Waals surface area contributed by atoms with Crippen LogP contribution in [0.2, 0.25) is 0 Å². The van der Waals surface area contributed by atoms with E-state index in [1.165, 1.54) is 16.8 Å². The van der Waals surface area contributed by atoms with Crippen LogP contribution in [0, 0.1) is 0 Å². The Labute approximate surface area is 182 Å². The SMILES string of the molecule is O=C(CCCc1ncc(NC2Cc3ccccc3C2)[nH]1)N1CCC(c2cnc[nH]2)CC1.